The molecule has 0 saturated carbocycles. The van der Waals surface area contributed by atoms with Gasteiger partial charge in [0.15, 0.2) is 0 Å². The monoisotopic (exact) mass is 286 g/mol. The largest absolute Gasteiger partial charge is 0.497 e. The van der Waals surface area contributed by atoms with E-state index in [4.69, 9.17) is 4.74 Å². The Morgan fingerprint density at radius 2 is 1.20 bits per heavy atom. The molecule has 0 aromatic heterocycles. The Morgan fingerprint density at radius 1 is 0.750 bits per heavy atom. The summed E-state index contributed by atoms with van der Waals surface area (Å²) in [6, 6.07) is 2.47. The first kappa shape index (κ1) is 14.4. The van der Waals surface area contributed by atoms with Crippen molar-refractivity contribution in [3.63, 3.8) is 0 Å². The maximum absolute atomic E-state index is 13.7. The van der Waals surface area contributed by atoms with Gasteiger partial charge in [0.2, 0.25) is 7.28 Å². The van der Waals surface area contributed by atoms with Crippen molar-refractivity contribution in [2.75, 3.05) is 7.11 Å². The van der Waals surface area contributed by atoms with E-state index in [1.54, 1.807) is 0 Å². The molecular formula is C13H8BF5O. The van der Waals surface area contributed by atoms with Gasteiger partial charge in [-0.25, -0.2) is 22.0 Å². The molecule has 0 atom stereocenters. The lowest BCUT2D eigenvalue weighted by Crippen LogP contribution is -2.35. The minimum absolute atomic E-state index is 0.175. The Bertz CT molecular complexity index is 636. The first-order valence-electron chi connectivity index (χ1n) is 5.57. The molecule has 2 aromatic rings. The molecule has 0 unspecified atom stereocenters. The van der Waals surface area contributed by atoms with Crippen molar-refractivity contribution in [2.45, 2.75) is 0 Å². The van der Waals surface area contributed by atoms with Crippen molar-refractivity contribution in [3.05, 3.63) is 53.4 Å². The quantitative estimate of drug-likeness (QED) is 0.617. The minimum atomic E-state index is -1.15. The van der Waals surface area contributed by atoms with Gasteiger partial charge in [-0.2, -0.15) is 0 Å². The highest BCUT2D eigenvalue weighted by atomic mass is 19.2. The molecule has 0 spiro atoms. The third kappa shape index (κ3) is 2.76. The molecule has 0 aliphatic heterocycles. The van der Waals surface area contributed by atoms with Gasteiger partial charge in [-0.3, -0.25) is 0 Å². The zero-order valence-electron chi connectivity index (χ0n) is 10.3. The molecule has 2 aromatic carbocycles. The lowest BCUT2D eigenvalue weighted by molar-refractivity contribution is 0.411. The molecule has 2 rings (SSSR count). The zero-order valence-corrected chi connectivity index (χ0v) is 10.3. The van der Waals surface area contributed by atoms with E-state index in [2.05, 4.69) is 0 Å². The van der Waals surface area contributed by atoms with Crippen LogP contribution in [0.25, 0.3) is 0 Å². The SMILES string of the molecule is COc1cc(F)cc(F)c1Bc1c(F)cc(F)cc1F. The van der Waals surface area contributed by atoms with Gasteiger partial charge in [-0.05, 0) is 10.9 Å². The first-order chi connectivity index (χ1) is 9.42. The van der Waals surface area contributed by atoms with Crippen LogP contribution in [0.3, 0.4) is 0 Å². The number of rotatable bonds is 3. The molecule has 0 saturated heterocycles. The molecule has 7 heteroatoms. The molecule has 0 radical (unpaired) electrons. The summed E-state index contributed by atoms with van der Waals surface area (Å²) in [6.45, 7) is 0. The Balaban J connectivity index is 2.50. The number of halogens is 5. The molecule has 0 amide bonds. The van der Waals surface area contributed by atoms with Crippen molar-refractivity contribution in [3.8, 4) is 5.75 Å². The minimum Gasteiger partial charge on any atom is -0.497 e. The summed E-state index contributed by atoms with van der Waals surface area (Å²) in [5.41, 5.74) is -0.728. The fourth-order valence-electron chi connectivity index (χ4n) is 1.85. The second-order valence-corrected chi connectivity index (χ2v) is 4.09. The summed E-state index contributed by atoms with van der Waals surface area (Å²) in [7, 11) is 0.655. The van der Waals surface area contributed by atoms with Crippen LogP contribution >= 0.6 is 0 Å². The van der Waals surface area contributed by atoms with E-state index < -0.39 is 41.8 Å². The Kier molecular flexibility index (Phi) is 3.97. The van der Waals surface area contributed by atoms with E-state index in [0.717, 1.165) is 6.07 Å². The van der Waals surface area contributed by atoms with Crippen LogP contribution in [0.5, 0.6) is 5.75 Å². The summed E-state index contributed by atoms with van der Waals surface area (Å²) < 4.78 is 71.3. The van der Waals surface area contributed by atoms with Crippen LogP contribution in [0.4, 0.5) is 22.0 Å². The van der Waals surface area contributed by atoms with Gasteiger partial charge in [0.25, 0.3) is 0 Å². The molecule has 0 aliphatic carbocycles. The summed E-state index contributed by atoms with van der Waals surface area (Å²) in [4.78, 5) is 0. The van der Waals surface area contributed by atoms with Crippen molar-refractivity contribution in [1.82, 2.24) is 0 Å². The van der Waals surface area contributed by atoms with Crippen LogP contribution in [-0.4, -0.2) is 14.4 Å². The predicted octanol–water partition coefficient (Wildman–Crippen LogP) is 1.78. The molecular weight excluding hydrogens is 278 g/mol. The van der Waals surface area contributed by atoms with Gasteiger partial charge in [0, 0.05) is 24.3 Å². The van der Waals surface area contributed by atoms with E-state index in [-0.39, 0.29) is 11.2 Å². The standard InChI is InChI=1S/C13H8BF5O/c1-20-11-5-7(16)4-10(19)13(11)14-12-8(17)2-6(15)3-9(12)18/h2-5,14H,1H3. The zero-order chi connectivity index (χ0) is 14.9. The Morgan fingerprint density at radius 3 is 1.70 bits per heavy atom. The lowest BCUT2D eigenvalue weighted by Gasteiger charge is -2.10. The fraction of sp³-hybridized carbons (Fsp3) is 0.0769. The first-order valence-corrected chi connectivity index (χ1v) is 5.57. The van der Waals surface area contributed by atoms with E-state index in [0.29, 0.717) is 18.2 Å². The fourth-order valence-corrected chi connectivity index (χ4v) is 1.85. The molecule has 1 nitrogen and oxygen atoms in total. The van der Waals surface area contributed by atoms with Crippen LogP contribution in [0, 0.1) is 29.1 Å². The van der Waals surface area contributed by atoms with Gasteiger partial charge in [0.1, 0.15) is 34.8 Å². The number of hydrogen-bond acceptors (Lipinski definition) is 1. The maximum Gasteiger partial charge on any atom is 0.208 e. The Hall–Kier alpha value is -2.05. The number of hydrogen-bond donors (Lipinski definition) is 0. The maximum atomic E-state index is 13.7. The Labute approximate surface area is 112 Å². The van der Waals surface area contributed by atoms with Crippen LogP contribution in [0.2, 0.25) is 0 Å². The molecule has 0 bridgehead atoms. The summed E-state index contributed by atoms with van der Waals surface area (Å²) >= 11 is 0. The molecule has 0 aliphatic rings. The van der Waals surface area contributed by atoms with E-state index in [1.165, 1.54) is 7.11 Å². The van der Waals surface area contributed by atoms with Gasteiger partial charge in [-0.1, -0.05) is 0 Å². The van der Waals surface area contributed by atoms with E-state index in [9.17, 15) is 22.0 Å². The molecule has 0 fully saturated rings. The summed E-state index contributed by atoms with van der Waals surface area (Å²) in [5, 5.41) is 0. The average molecular weight is 286 g/mol. The lowest BCUT2D eigenvalue weighted by atomic mass is 9.62. The number of methoxy groups -OCH3 is 1. The van der Waals surface area contributed by atoms with E-state index in [1.807, 2.05) is 0 Å². The van der Waals surface area contributed by atoms with Crippen molar-refractivity contribution in [1.29, 1.82) is 0 Å². The van der Waals surface area contributed by atoms with Gasteiger partial charge >= 0.3 is 0 Å². The number of benzene rings is 2. The normalized spacial score (nSPS) is 10.5. The highest BCUT2D eigenvalue weighted by Gasteiger charge is 2.19. The highest BCUT2D eigenvalue weighted by molar-refractivity contribution is 6.68. The van der Waals surface area contributed by atoms with E-state index >= 15 is 0 Å². The third-order valence-electron chi connectivity index (χ3n) is 2.80. The summed E-state index contributed by atoms with van der Waals surface area (Å²) in [6.07, 6.45) is 0. The van der Waals surface area contributed by atoms with Crippen LogP contribution in [0.1, 0.15) is 0 Å². The second-order valence-electron chi connectivity index (χ2n) is 4.09. The molecule has 20 heavy (non-hydrogen) atoms. The third-order valence-corrected chi connectivity index (χ3v) is 2.80. The molecule has 0 heterocycles. The molecule has 0 N–H and O–H groups in total. The van der Waals surface area contributed by atoms with Gasteiger partial charge < -0.3 is 4.74 Å². The average Bonchev–Trinajstić information content (AvgIpc) is 2.34. The highest BCUT2D eigenvalue weighted by Crippen LogP contribution is 2.13. The van der Waals surface area contributed by atoms with Gasteiger partial charge in [-0.15, -0.1) is 0 Å². The van der Waals surface area contributed by atoms with Gasteiger partial charge in [0.05, 0.1) is 7.11 Å². The smallest absolute Gasteiger partial charge is 0.208 e. The number of ether oxygens (including phenoxy) is 1. The van der Waals surface area contributed by atoms with Crippen LogP contribution in [-0.2, 0) is 0 Å². The summed E-state index contributed by atoms with van der Waals surface area (Å²) in [5.74, 6) is -5.41. The van der Waals surface area contributed by atoms with Crippen LogP contribution in [0.15, 0.2) is 24.3 Å². The van der Waals surface area contributed by atoms with Crippen molar-refractivity contribution in [2.24, 2.45) is 0 Å². The van der Waals surface area contributed by atoms with Crippen molar-refractivity contribution >= 4 is 18.2 Å². The van der Waals surface area contributed by atoms with Crippen LogP contribution < -0.4 is 15.7 Å². The molecule has 104 valence electrons. The topological polar surface area (TPSA) is 9.23 Å². The predicted molar refractivity (Wildman–Crippen MR) is 65.6 cm³/mol. The second kappa shape index (κ2) is 5.52. The van der Waals surface area contributed by atoms with Crippen molar-refractivity contribution < 1.29 is 26.7 Å².